The van der Waals surface area contributed by atoms with E-state index in [1.165, 1.54) is 11.3 Å². The first-order valence-corrected chi connectivity index (χ1v) is 8.36. The molecule has 1 aliphatic rings. The predicted octanol–water partition coefficient (Wildman–Crippen LogP) is 2.04. The largest absolute Gasteiger partial charge is 0.479 e. The zero-order valence-corrected chi connectivity index (χ0v) is 13.4. The number of carboxylic acid groups (broad SMARTS) is 1. The van der Waals surface area contributed by atoms with Crippen molar-refractivity contribution in [1.29, 1.82) is 0 Å². The number of anilines is 1. The highest BCUT2D eigenvalue weighted by Crippen LogP contribution is 2.31. The minimum atomic E-state index is -0.958. The zero-order valence-electron chi connectivity index (χ0n) is 12.6. The Bertz CT molecular complexity index is 883. The summed E-state index contributed by atoms with van der Waals surface area (Å²) in [7, 11) is 0. The summed E-state index contributed by atoms with van der Waals surface area (Å²) < 4.78 is 5.31. The Balaban J connectivity index is 1.79. The van der Waals surface area contributed by atoms with E-state index in [1.54, 1.807) is 6.20 Å². The van der Waals surface area contributed by atoms with Gasteiger partial charge in [0.2, 0.25) is 0 Å². The monoisotopic (exact) mass is 342 g/mol. The lowest BCUT2D eigenvalue weighted by Gasteiger charge is -2.32. The van der Waals surface area contributed by atoms with Crippen LogP contribution in [0.15, 0.2) is 35.8 Å². The molecule has 24 heavy (non-hydrogen) atoms. The van der Waals surface area contributed by atoms with Crippen LogP contribution in [-0.2, 0) is 9.53 Å². The number of pyridine rings is 1. The molecular formula is C16H14N4O3S. The molecule has 0 aromatic carbocycles. The fourth-order valence-corrected chi connectivity index (χ4v) is 3.44. The SMILES string of the molecule is O=C(O)C1CN(c2nc(-c3ccccn3)nc3sccc23)CCO1. The average molecular weight is 342 g/mol. The van der Waals surface area contributed by atoms with Crippen molar-refractivity contribution in [3.05, 3.63) is 35.8 Å². The van der Waals surface area contributed by atoms with Crippen LogP contribution in [0, 0.1) is 0 Å². The van der Waals surface area contributed by atoms with Gasteiger partial charge in [-0.2, -0.15) is 0 Å². The van der Waals surface area contributed by atoms with E-state index in [0.29, 0.717) is 24.7 Å². The van der Waals surface area contributed by atoms with Gasteiger partial charge in [0.05, 0.1) is 18.5 Å². The van der Waals surface area contributed by atoms with E-state index < -0.39 is 12.1 Å². The third-order valence-electron chi connectivity index (χ3n) is 3.84. The van der Waals surface area contributed by atoms with Crippen LogP contribution in [0.1, 0.15) is 0 Å². The van der Waals surface area contributed by atoms with Gasteiger partial charge in [-0.25, -0.2) is 14.8 Å². The fourth-order valence-electron chi connectivity index (χ4n) is 2.68. The molecule has 1 unspecified atom stereocenters. The highest BCUT2D eigenvalue weighted by Gasteiger charge is 2.28. The first-order chi connectivity index (χ1) is 11.7. The molecule has 4 heterocycles. The van der Waals surface area contributed by atoms with E-state index in [-0.39, 0.29) is 6.54 Å². The summed E-state index contributed by atoms with van der Waals surface area (Å²) in [5, 5.41) is 12.1. The Labute approximate surface area is 141 Å². The van der Waals surface area contributed by atoms with Crippen LogP contribution < -0.4 is 4.90 Å². The number of ether oxygens (including phenoxy) is 1. The van der Waals surface area contributed by atoms with Crippen molar-refractivity contribution in [3.8, 4) is 11.5 Å². The maximum absolute atomic E-state index is 11.2. The van der Waals surface area contributed by atoms with E-state index in [1.807, 2.05) is 34.5 Å². The smallest absolute Gasteiger partial charge is 0.334 e. The topological polar surface area (TPSA) is 88.4 Å². The molecule has 3 aromatic rings. The van der Waals surface area contributed by atoms with Gasteiger partial charge >= 0.3 is 5.97 Å². The maximum atomic E-state index is 11.2. The van der Waals surface area contributed by atoms with Gasteiger partial charge in [0.25, 0.3) is 0 Å². The Kier molecular flexibility index (Phi) is 3.83. The Morgan fingerprint density at radius 1 is 1.33 bits per heavy atom. The summed E-state index contributed by atoms with van der Waals surface area (Å²) in [5.41, 5.74) is 0.692. The normalized spacial score (nSPS) is 18.0. The van der Waals surface area contributed by atoms with Gasteiger partial charge in [-0.3, -0.25) is 4.98 Å². The molecule has 1 saturated heterocycles. The van der Waals surface area contributed by atoms with Crippen molar-refractivity contribution in [1.82, 2.24) is 15.0 Å². The number of carbonyl (C=O) groups is 1. The minimum Gasteiger partial charge on any atom is -0.479 e. The number of morpholine rings is 1. The first-order valence-electron chi connectivity index (χ1n) is 7.48. The summed E-state index contributed by atoms with van der Waals surface area (Å²) in [6.45, 7) is 1.21. The van der Waals surface area contributed by atoms with E-state index in [2.05, 4.69) is 15.0 Å². The third kappa shape index (κ3) is 2.70. The number of fused-ring (bicyclic) bond motifs is 1. The fraction of sp³-hybridized carbons (Fsp3) is 0.250. The van der Waals surface area contributed by atoms with Crippen LogP contribution in [0.4, 0.5) is 5.82 Å². The molecule has 1 N–H and O–H groups in total. The first kappa shape index (κ1) is 15.0. The van der Waals surface area contributed by atoms with Gasteiger partial charge in [-0.15, -0.1) is 11.3 Å². The average Bonchev–Trinajstić information content (AvgIpc) is 3.10. The Morgan fingerprint density at radius 3 is 3.04 bits per heavy atom. The summed E-state index contributed by atoms with van der Waals surface area (Å²) in [4.78, 5) is 27.6. The molecule has 0 amide bonds. The number of aromatic nitrogens is 3. The van der Waals surface area contributed by atoms with E-state index in [9.17, 15) is 9.90 Å². The van der Waals surface area contributed by atoms with Crippen LogP contribution in [0.25, 0.3) is 21.7 Å². The van der Waals surface area contributed by atoms with Crippen LogP contribution >= 0.6 is 11.3 Å². The number of nitrogens with zero attached hydrogens (tertiary/aromatic N) is 4. The Morgan fingerprint density at radius 2 is 2.25 bits per heavy atom. The predicted molar refractivity (Wildman–Crippen MR) is 90.2 cm³/mol. The molecule has 0 aliphatic carbocycles. The van der Waals surface area contributed by atoms with Crippen molar-refractivity contribution in [3.63, 3.8) is 0 Å². The van der Waals surface area contributed by atoms with Gasteiger partial charge in [-0.1, -0.05) is 6.07 Å². The van der Waals surface area contributed by atoms with Crippen LogP contribution in [0.3, 0.4) is 0 Å². The number of aliphatic carboxylic acids is 1. The van der Waals surface area contributed by atoms with E-state index in [4.69, 9.17) is 4.74 Å². The lowest BCUT2D eigenvalue weighted by Crippen LogP contribution is -2.46. The molecule has 0 bridgehead atoms. The molecule has 1 aliphatic heterocycles. The minimum absolute atomic E-state index is 0.263. The van der Waals surface area contributed by atoms with Gasteiger partial charge in [0.15, 0.2) is 11.9 Å². The van der Waals surface area contributed by atoms with Gasteiger partial charge in [0, 0.05) is 12.7 Å². The third-order valence-corrected chi connectivity index (χ3v) is 4.65. The summed E-state index contributed by atoms with van der Waals surface area (Å²) in [6.07, 6.45) is 0.854. The standard InChI is InChI=1S/C16H14N4O3S/c21-16(22)12-9-20(6-7-23-12)14-10-4-8-24-15(10)19-13(18-14)11-3-1-2-5-17-11/h1-5,8,12H,6-7,9H2,(H,21,22). The second-order valence-corrected chi connectivity index (χ2v) is 6.26. The van der Waals surface area contributed by atoms with Crippen LogP contribution in [-0.4, -0.2) is 51.8 Å². The van der Waals surface area contributed by atoms with Gasteiger partial charge < -0.3 is 14.7 Å². The summed E-state index contributed by atoms with van der Waals surface area (Å²) in [5.74, 6) is 0.315. The molecule has 3 aromatic heterocycles. The molecule has 122 valence electrons. The van der Waals surface area contributed by atoms with E-state index in [0.717, 1.165) is 16.0 Å². The van der Waals surface area contributed by atoms with Crippen LogP contribution in [0.2, 0.25) is 0 Å². The molecule has 7 nitrogen and oxygen atoms in total. The second-order valence-electron chi connectivity index (χ2n) is 5.37. The van der Waals surface area contributed by atoms with Crippen molar-refractivity contribution in [2.24, 2.45) is 0 Å². The molecule has 0 radical (unpaired) electrons. The van der Waals surface area contributed by atoms with Gasteiger partial charge in [0.1, 0.15) is 16.3 Å². The zero-order chi connectivity index (χ0) is 16.5. The number of hydrogen-bond donors (Lipinski definition) is 1. The highest BCUT2D eigenvalue weighted by molar-refractivity contribution is 7.16. The number of hydrogen-bond acceptors (Lipinski definition) is 7. The Hall–Kier alpha value is -2.58. The lowest BCUT2D eigenvalue weighted by atomic mass is 10.2. The molecule has 0 saturated carbocycles. The summed E-state index contributed by atoms with van der Waals surface area (Å²) >= 11 is 1.53. The number of rotatable bonds is 3. The molecule has 4 rings (SSSR count). The molecule has 1 atom stereocenters. The van der Waals surface area contributed by atoms with Crippen LogP contribution in [0.5, 0.6) is 0 Å². The maximum Gasteiger partial charge on any atom is 0.334 e. The van der Waals surface area contributed by atoms with Crippen molar-refractivity contribution < 1.29 is 14.6 Å². The molecule has 8 heteroatoms. The van der Waals surface area contributed by atoms with E-state index >= 15 is 0 Å². The number of thiophene rings is 1. The van der Waals surface area contributed by atoms with Crippen molar-refractivity contribution in [2.75, 3.05) is 24.6 Å². The lowest BCUT2D eigenvalue weighted by molar-refractivity contribution is -0.150. The molecule has 0 spiro atoms. The number of carboxylic acids is 1. The second kappa shape index (κ2) is 6.14. The molecular weight excluding hydrogens is 328 g/mol. The highest BCUT2D eigenvalue weighted by atomic mass is 32.1. The van der Waals surface area contributed by atoms with Crippen molar-refractivity contribution in [2.45, 2.75) is 6.10 Å². The summed E-state index contributed by atoms with van der Waals surface area (Å²) in [6, 6.07) is 7.55. The molecule has 1 fully saturated rings. The van der Waals surface area contributed by atoms with Crippen molar-refractivity contribution >= 4 is 33.3 Å². The van der Waals surface area contributed by atoms with Gasteiger partial charge in [-0.05, 0) is 23.6 Å². The quantitative estimate of drug-likeness (QED) is 0.779.